The van der Waals surface area contributed by atoms with Crippen LogP contribution in [-0.4, -0.2) is 0 Å². The summed E-state index contributed by atoms with van der Waals surface area (Å²) in [5.41, 5.74) is 20.4. The fraction of sp³-hybridized carbons (Fsp3) is 0.0704. The van der Waals surface area contributed by atoms with Gasteiger partial charge < -0.3 is 9.80 Å². The summed E-state index contributed by atoms with van der Waals surface area (Å²) in [4.78, 5) is 5.12. The molecule has 2 aliphatic rings. The molecule has 2 atom stereocenters. The van der Waals surface area contributed by atoms with Gasteiger partial charge in [0.15, 0.2) is 0 Å². The minimum absolute atomic E-state index is 0.115. The number of anilines is 5. The van der Waals surface area contributed by atoms with Gasteiger partial charge in [0, 0.05) is 50.4 Å². The van der Waals surface area contributed by atoms with Crippen molar-refractivity contribution in [2.45, 2.75) is 20.3 Å². The molecule has 348 valence electrons. The number of fused-ring (bicyclic) bond motifs is 3. The molecular weight excluding hydrogens is 881 g/mol. The number of allylic oxidation sites excluding steroid dienone is 4. The number of aryl methyl sites for hydroxylation is 1. The molecule has 11 aromatic rings. The standard InChI is InChI=1S/C71H54N2/c1-49-45-58(39-43-67(49)72(59-40-37-50-21-15-17-31-56(50)46-59)69-62(52-23-7-3-8-24-52)33-19-34-63(69)53-25-9-4-10-26-53)61-42-44-68(71(2)48-66(61)71)73(60-41-38-51-22-16-18-32-57(51)47-60)70-64(54-27-11-5-12-28-54)35-20-36-65(70)55-29-13-6-14-30-55/h3-47,66H,48H2,1-2H3. The minimum atomic E-state index is -0.115. The molecule has 13 rings (SSSR count). The average molecular weight is 935 g/mol. The molecule has 0 radical (unpaired) electrons. The predicted molar refractivity (Wildman–Crippen MR) is 310 cm³/mol. The zero-order valence-electron chi connectivity index (χ0n) is 41.2. The van der Waals surface area contributed by atoms with E-state index in [-0.39, 0.29) is 5.41 Å². The lowest BCUT2D eigenvalue weighted by Gasteiger charge is -2.37. The van der Waals surface area contributed by atoms with Crippen molar-refractivity contribution in [3.05, 3.63) is 290 Å². The van der Waals surface area contributed by atoms with Gasteiger partial charge in [-0.1, -0.05) is 237 Å². The van der Waals surface area contributed by atoms with Gasteiger partial charge in [0.25, 0.3) is 0 Å². The molecule has 0 amide bonds. The van der Waals surface area contributed by atoms with Crippen LogP contribution < -0.4 is 9.80 Å². The quantitative estimate of drug-likeness (QED) is 0.128. The van der Waals surface area contributed by atoms with Gasteiger partial charge in [-0.25, -0.2) is 0 Å². The normalized spacial score (nSPS) is 15.8. The van der Waals surface area contributed by atoms with Crippen LogP contribution in [0.25, 0.3) is 71.6 Å². The average Bonchev–Trinajstić information content (AvgIpc) is 4.19. The maximum atomic E-state index is 2.61. The van der Waals surface area contributed by atoms with Gasteiger partial charge in [0.05, 0.1) is 11.4 Å². The molecule has 2 nitrogen and oxygen atoms in total. The highest BCUT2D eigenvalue weighted by Gasteiger charge is 2.57. The molecule has 73 heavy (non-hydrogen) atoms. The first-order chi connectivity index (χ1) is 36.0. The molecule has 2 unspecified atom stereocenters. The Morgan fingerprint density at radius 1 is 0.356 bits per heavy atom. The van der Waals surface area contributed by atoms with E-state index >= 15 is 0 Å². The van der Waals surface area contributed by atoms with Crippen molar-refractivity contribution in [2.24, 2.45) is 11.3 Å². The lowest BCUT2D eigenvalue weighted by molar-refractivity contribution is 0.630. The van der Waals surface area contributed by atoms with Crippen molar-refractivity contribution in [1.29, 1.82) is 0 Å². The molecule has 0 aromatic heterocycles. The van der Waals surface area contributed by atoms with Gasteiger partial charge in [-0.15, -0.1) is 0 Å². The Kier molecular flexibility index (Phi) is 11.0. The van der Waals surface area contributed by atoms with Crippen LogP contribution in [0.2, 0.25) is 0 Å². The first kappa shape index (κ1) is 44.0. The Hall–Kier alpha value is -8.98. The molecule has 0 heterocycles. The molecule has 1 fully saturated rings. The number of rotatable bonds is 11. The highest BCUT2D eigenvalue weighted by molar-refractivity contribution is 6.01. The van der Waals surface area contributed by atoms with E-state index in [9.17, 15) is 0 Å². The van der Waals surface area contributed by atoms with Crippen molar-refractivity contribution in [1.82, 2.24) is 0 Å². The Balaban J connectivity index is 0.983. The van der Waals surface area contributed by atoms with Crippen LogP contribution in [0, 0.1) is 18.3 Å². The largest absolute Gasteiger partial charge is 0.312 e. The summed E-state index contributed by atoms with van der Waals surface area (Å²) < 4.78 is 0. The molecule has 2 aliphatic carbocycles. The highest BCUT2D eigenvalue weighted by Crippen LogP contribution is 2.67. The molecule has 0 saturated heterocycles. The number of hydrogen-bond donors (Lipinski definition) is 0. The van der Waals surface area contributed by atoms with Crippen LogP contribution in [0.4, 0.5) is 28.4 Å². The first-order valence-electron chi connectivity index (χ1n) is 25.6. The van der Waals surface area contributed by atoms with E-state index < -0.39 is 0 Å². The topological polar surface area (TPSA) is 6.48 Å². The molecule has 0 N–H and O–H groups in total. The third kappa shape index (κ3) is 7.93. The number of nitrogens with zero attached hydrogens (tertiary/aromatic N) is 2. The van der Waals surface area contributed by atoms with E-state index in [1.807, 2.05) is 0 Å². The molecule has 1 saturated carbocycles. The lowest BCUT2D eigenvalue weighted by Crippen LogP contribution is -2.26. The number of para-hydroxylation sites is 2. The van der Waals surface area contributed by atoms with Crippen molar-refractivity contribution >= 4 is 55.6 Å². The summed E-state index contributed by atoms with van der Waals surface area (Å²) in [6.07, 6.45) is 5.93. The summed E-state index contributed by atoms with van der Waals surface area (Å²) in [7, 11) is 0. The van der Waals surface area contributed by atoms with Crippen LogP contribution in [0.5, 0.6) is 0 Å². The fourth-order valence-electron chi connectivity index (χ4n) is 11.7. The lowest BCUT2D eigenvalue weighted by atomic mass is 9.85. The Bertz CT molecular complexity index is 3800. The van der Waals surface area contributed by atoms with Crippen LogP contribution in [0.1, 0.15) is 24.5 Å². The first-order valence-corrected chi connectivity index (χ1v) is 25.6. The summed E-state index contributed by atoms with van der Waals surface area (Å²) in [5.74, 6) is 0.338. The number of benzene rings is 11. The zero-order chi connectivity index (χ0) is 48.9. The van der Waals surface area contributed by atoms with Gasteiger partial charge in [0.2, 0.25) is 0 Å². The summed E-state index contributed by atoms with van der Waals surface area (Å²) >= 11 is 0. The molecule has 0 aliphatic heterocycles. The molecule has 2 heteroatoms. The van der Waals surface area contributed by atoms with E-state index in [0.717, 1.165) is 29.2 Å². The van der Waals surface area contributed by atoms with Crippen LogP contribution in [-0.2, 0) is 0 Å². The maximum absolute atomic E-state index is 2.61. The van der Waals surface area contributed by atoms with Gasteiger partial charge in [-0.2, -0.15) is 0 Å². The van der Waals surface area contributed by atoms with E-state index in [4.69, 9.17) is 0 Å². The second-order valence-electron chi connectivity index (χ2n) is 20.0. The maximum Gasteiger partial charge on any atom is 0.0618 e. The summed E-state index contributed by atoms with van der Waals surface area (Å²) in [6, 6.07) is 95.6. The molecule has 0 spiro atoms. The van der Waals surface area contributed by atoms with Crippen molar-refractivity contribution in [3.8, 4) is 44.5 Å². The minimum Gasteiger partial charge on any atom is -0.312 e. The van der Waals surface area contributed by atoms with Crippen molar-refractivity contribution in [3.63, 3.8) is 0 Å². The predicted octanol–water partition coefficient (Wildman–Crippen LogP) is 19.6. The van der Waals surface area contributed by atoms with Gasteiger partial charge in [-0.05, 0) is 122 Å². The Morgan fingerprint density at radius 2 is 0.767 bits per heavy atom. The van der Waals surface area contributed by atoms with Crippen molar-refractivity contribution < 1.29 is 0 Å². The Labute approximate surface area is 429 Å². The third-order valence-electron chi connectivity index (χ3n) is 15.5. The summed E-state index contributed by atoms with van der Waals surface area (Å²) in [6.45, 7) is 4.79. The SMILES string of the molecule is Cc1cc(C2=CC=C(N(c3ccc4ccccc4c3)c3c(-c4ccccc4)cccc3-c3ccccc3)C3(C)CC23)ccc1N(c1ccc2ccccc2c1)c1c(-c2ccccc2)cccc1-c1ccccc1. The third-order valence-corrected chi connectivity index (χ3v) is 15.5. The molecule has 11 aromatic carbocycles. The van der Waals surface area contributed by atoms with E-state index in [2.05, 4.69) is 297 Å². The zero-order valence-corrected chi connectivity index (χ0v) is 41.2. The number of hydrogen-bond acceptors (Lipinski definition) is 2. The Morgan fingerprint density at radius 3 is 1.22 bits per heavy atom. The monoisotopic (exact) mass is 934 g/mol. The summed E-state index contributed by atoms with van der Waals surface area (Å²) in [5, 5.41) is 4.89. The second-order valence-corrected chi connectivity index (χ2v) is 20.0. The molecule has 0 bridgehead atoms. The van der Waals surface area contributed by atoms with Crippen LogP contribution in [0.3, 0.4) is 0 Å². The van der Waals surface area contributed by atoms with Crippen molar-refractivity contribution in [2.75, 3.05) is 9.80 Å². The van der Waals surface area contributed by atoms with Gasteiger partial charge >= 0.3 is 0 Å². The second kappa shape index (κ2) is 18.3. The van der Waals surface area contributed by atoms with E-state index in [1.54, 1.807) is 0 Å². The smallest absolute Gasteiger partial charge is 0.0618 e. The highest BCUT2D eigenvalue weighted by atomic mass is 15.2. The van der Waals surface area contributed by atoms with Gasteiger partial charge in [-0.3, -0.25) is 0 Å². The van der Waals surface area contributed by atoms with Crippen LogP contribution >= 0.6 is 0 Å². The van der Waals surface area contributed by atoms with E-state index in [0.29, 0.717) is 5.92 Å². The fourth-order valence-corrected chi connectivity index (χ4v) is 11.7. The van der Waals surface area contributed by atoms with Crippen LogP contribution in [0.15, 0.2) is 279 Å². The van der Waals surface area contributed by atoms with Gasteiger partial charge in [0.1, 0.15) is 0 Å². The van der Waals surface area contributed by atoms with E-state index in [1.165, 1.54) is 94.1 Å². The molecular formula is C71H54N2.